The van der Waals surface area contributed by atoms with Gasteiger partial charge in [0.25, 0.3) is 11.8 Å². The molecule has 1 rings (SSSR count). The minimum atomic E-state index is -1.65. The van der Waals surface area contributed by atoms with Crippen molar-refractivity contribution in [1.82, 2.24) is 13.4 Å². The van der Waals surface area contributed by atoms with Gasteiger partial charge >= 0.3 is 6.09 Å². The molecule has 0 aliphatic carbocycles. The molecule has 22 heavy (non-hydrogen) atoms. The van der Waals surface area contributed by atoms with Gasteiger partial charge in [0, 0.05) is 6.54 Å². The van der Waals surface area contributed by atoms with Gasteiger partial charge in [-0.25, -0.2) is 13.9 Å². The molecule has 0 aromatic carbocycles. The lowest BCUT2D eigenvalue weighted by molar-refractivity contribution is -0.146. The van der Waals surface area contributed by atoms with Gasteiger partial charge in [-0.3, -0.25) is 14.9 Å². The van der Waals surface area contributed by atoms with Crippen LogP contribution in [0.1, 0.15) is 26.7 Å². The average molecular weight is 427 g/mol. The van der Waals surface area contributed by atoms with Crippen LogP contribution >= 0.6 is 22.9 Å². The van der Waals surface area contributed by atoms with Crippen molar-refractivity contribution in [3.63, 3.8) is 0 Å². The molecule has 10 heteroatoms. The summed E-state index contributed by atoms with van der Waals surface area (Å²) in [5.74, 6) is 4.16. The molecule has 1 saturated heterocycles. The zero-order valence-electron chi connectivity index (χ0n) is 12.8. The second kappa shape index (κ2) is 7.42. The van der Waals surface area contributed by atoms with Gasteiger partial charge in [0.1, 0.15) is 6.04 Å². The molecule has 126 valence electrons. The summed E-state index contributed by atoms with van der Waals surface area (Å²) >= 11 is 1.65. The molecule has 1 aliphatic heterocycles. The summed E-state index contributed by atoms with van der Waals surface area (Å²) in [5, 5.41) is 2.38. The summed E-state index contributed by atoms with van der Waals surface area (Å²) in [6.07, 6.45) is 0.369. The number of carbonyl (C=O) groups excluding carboxylic acids is 3. The number of likely N-dealkylation sites (tertiary alicyclic amines) is 1. The van der Waals surface area contributed by atoms with Crippen molar-refractivity contribution in [2.24, 2.45) is 17.5 Å². The number of hydrogen-bond donors (Lipinski definition) is 3. The molecular weight excluding hydrogens is 405 g/mol. The fourth-order valence-corrected chi connectivity index (χ4v) is 2.63. The Hall–Kier alpha value is -1.14. The van der Waals surface area contributed by atoms with E-state index in [1.807, 2.05) is 0 Å². The van der Waals surface area contributed by atoms with E-state index in [4.69, 9.17) is 11.6 Å². The van der Waals surface area contributed by atoms with Gasteiger partial charge in [0.2, 0.25) is 0 Å². The van der Waals surface area contributed by atoms with Crippen LogP contribution < -0.4 is 16.9 Å². The van der Waals surface area contributed by atoms with Crippen molar-refractivity contribution in [2.75, 3.05) is 13.7 Å². The van der Waals surface area contributed by atoms with E-state index in [1.165, 1.54) is 12.0 Å². The molecule has 0 aromatic rings. The highest BCUT2D eigenvalue weighted by Gasteiger charge is 2.47. The first-order valence-electron chi connectivity index (χ1n) is 6.85. The molecule has 0 aromatic heterocycles. The molecule has 1 aliphatic rings. The van der Waals surface area contributed by atoms with E-state index < -0.39 is 29.6 Å². The van der Waals surface area contributed by atoms with Crippen LogP contribution in [0.25, 0.3) is 0 Å². The number of halogens is 1. The highest BCUT2D eigenvalue weighted by Crippen LogP contribution is 2.24. The average Bonchev–Trinajstić information content (AvgIpc) is 2.93. The Labute approximate surface area is 143 Å². The number of hydrazine groups is 1. The molecule has 0 spiro atoms. The van der Waals surface area contributed by atoms with Crippen LogP contribution in [0.15, 0.2) is 0 Å². The van der Waals surface area contributed by atoms with E-state index >= 15 is 0 Å². The number of amides is 3. The van der Waals surface area contributed by atoms with Crippen LogP contribution in [0.5, 0.6) is 0 Å². The number of hydrogen-bond acceptors (Lipinski definition) is 6. The molecule has 0 radical (unpaired) electrons. The first-order chi connectivity index (χ1) is 10.1. The van der Waals surface area contributed by atoms with Crippen molar-refractivity contribution in [3.05, 3.63) is 0 Å². The molecule has 0 unspecified atom stereocenters. The van der Waals surface area contributed by atoms with E-state index in [1.54, 1.807) is 36.7 Å². The maximum absolute atomic E-state index is 12.8. The zero-order valence-corrected chi connectivity index (χ0v) is 15.0. The lowest BCUT2D eigenvalue weighted by atomic mass is 9.95. The number of nitrogens with two attached hydrogens (primary N) is 2. The van der Waals surface area contributed by atoms with E-state index in [-0.39, 0.29) is 5.91 Å². The summed E-state index contributed by atoms with van der Waals surface area (Å²) in [6.45, 7) is 3.79. The van der Waals surface area contributed by atoms with Crippen LogP contribution in [-0.2, 0) is 14.3 Å². The summed E-state index contributed by atoms with van der Waals surface area (Å²) in [6, 6.07) is -0.671. The first kappa shape index (κ1) is 18.9. The van der Waals surface area contributed by atoms with Crippen LogP contribution in [0.2, 0.25) is 0 Å². The van der Waals surface area contributed by atoms with Gasteiger partial charge in [-0.15, -0.1) is 0 Å². The normalized spacial score (nSPS) is 20.5. The smallest absolute Gasteiger partial charge is 0.408 e. The number of nitrogens with one attached hydrogen (secondary N) is 1. The molecule has 1 fully saturated rings. The Morgan fingerprint density at radius 3 is 2.50 bits per heavy atom. The highest BCUT2D eigenvalue weighted by atomic mass is 127. The van der Waals surface area contributed by atoms with Gasteiger partial charge in [-0.05, 0) is 18.8 Å². The molecular formula is C12H22IN5O4. The minimum absolute atomic E-state index is 0.379. The summed E-state index contributed by atoms with van der Waals surface area (Å²) in [5.41, 5.74) is 4.47. The first-order valence-corrected chi connectivity index (χ1v) is 7.82. The molecule has 0 bridgehead atoms. The predicted octanol–water partition coefficient (Wildman–Crippen LogP) is -0.303. The Balaban J connectivity index is 3.03. The highest BCUT2D eigenvalue weighted by molar-refractivity contribution is 14.1. The Morgan fingerprint density at radius 2 is 2.05 bits per heavy atom. The van der Waals surface area contributed by atoms with Crippen molar-refractivity contribution in [3.8, 4) is 0 Å². The maximum Gasteiger partial charge on any atom is 0.408 e. The number of ether oxygens (including phenoxy) is 1. The van der Waals surface area contributed by atoms with E-state index in [9.17, 15) is 14.4 Å². The zero-order chi connectivity index (χ0) is 17.1. The summed E-state index contributed by atoms with van der Waals surface area (Å²) in [7, 11) is 1.19. The summed E-state index contributed by atoms with van der Waals surface area (Å²) in [4.78, 5) is 37.8. The van der Waals surface area contributed by atoms with Crippen molar-refractivity contribution < 1.29 is 19.1 Å². The number of nitrogens with zero attached hydrogens (tertiary/aromatic N) is 2. The Kier molecular flexibility index (Phi) is 6.38. The quantitative estimate of drug-likeness (QED) is 0.141. The maximum atomic E-state index is 12.8. The topological polar surface area (TPSA) is 131 Å². The molecule has 2 atom stereocenters. The third-order valence-corrected chi connectivity index (χ3v) is 4.24. The molecule has 0 saturated carbocycles. The van der Waals surface area contributed by atoms with E-state index in [0.717, 1.165) is 3.22 Å². The van der Waals surface area contributed by atoms with Gasteiger partial charge in [-0.1, -0.05) is 13.8 Å². The van der Waals surface area contributed by atoms with Gasteiger partial charge < -0.3 is 15.4 Å². The SMILES string of the molecule is COC(=O)N[C@](N)(C(=O)N1CCC[C@H]1C(=O)N(N)I)C(C)C. The molecule has 9 nitrogen and oxygen atoms in total. The lowest BCUT2D eigenvalue weighted by Crippen LogP contribution is -2.69. The van der Waals surface area contributed by atoms with Crippen molar-refractivity contribution >= 4 is 40.8 Å². The number of alkyl carbamates (subject to hydrolysis) is 1. The van der Waals surface area contributed by atoms with Gasteiger partial charge in [0.15, 0.2) is 5.66 Å². The van der Waals surface area contributed by atoms with Crippen LogP contribution in [0, 0.1) is 5.92 Å². The third kappa shape index (κ3) is 3.79. The van der Waals surface area contributed by atoms with Gasteiger partial charge in [-0.2, -0.15) is 0 Å². The minimum Gasteiger partial charge on any atom is -0.453 e. The van der Waals surface area contributed by atoms with Gasteiger partial charge in [0.05, 0.1) is 30.0 Å². The standard InChI is InChI=1S/C12H22IN5O4/c1-7(2)12(14,16-11(21)22-3)10(20)17-6-4-5-8(17)9(19)18(13)15/h7-8H,4-6,14-15H2,1-3H3,(H,16,21)/t8-,12-/m0/s1. The van der Waals surface area contributed by atoms with E-state index in [2.05, 4.69) is 10.1 Å². The Morgan fingerprint density at radius 1 is 1.45 bits per heavy atom. The van der Waals surface area contributed by atoms with E-state index in [0.29, 0.717) is 19.4 Å². The second-order valence-electron chi connectivity index (χ2n) is 5.45. The van der Waals surface area contributed by atoms with Crippen LogP contribution in [0.3, 0.4) is 0 Å². The molecule has 3 amide bonds. The molecule has 5 N–H and O–H groups in total. The predicted molar refractivity (Wildman–Crippen MR) is 87.1 cm³/mol. The third-order valence-electron chi connectivity index (χ3n) is 3.77. The number of methoxy groups -OCH3 is 1. The Bertz CT molecular complexity index is 459. The summed E-state index contributed by atoms with van der Waals surface area (Å²) < 4.78 is 5.45. The monoisotopic (exact) mass is 427 g/mol. The van der Waals surface area contributed by atoms with Crippen molar-refractivity contribution in [1.29, 1.82) is 0 Å². The molecule has 1 heterocycles. The van der Waals surface area contributed by atoms with Crippen LogP contribution in [-0.4, -0.2) is 51.4 Å². The van der Waals surface area contributed by atoms with Crippen LogP contribution in [0.4, 0.5) is 4.79 Å². The lowest BCUT2D eigenvalue weighted by Gasteiger charge is -2.37. The van der Waals surface area contributed by atoms with Crippen molar-refractivity contribution in [2.45, 2.75) is 38.4 Å². The fourth-order valence-electron chi connectivity index (χ4n) is 2.31. The largest absolute Gasteiger partial charge is 0.453 e. The number of rotatable bonds is 4. The second-order valence-corrected chi connectivity index (χ2v) is 6.49. The number of carbonyl (C=O) groups is 3. The fraction of sp³-hybridized carbons (Fsp3) is 0.750.